The van der Waals surface area contributed by atoms with Crippen molar-refractivity contribution in [3.8, 4) is 0 Å². The van der Waals surface area contributed by atoms with Crippen LogP contribution >= 0.6 is 0 Å². The number of amides is 2. The minimum Gasteiger partial charge on any atom is -0.375 e. The third-order valence-electron chi connectivity index (χ3n) is 5.27. The van der Waals surface area contributed by atoms with E-state index < -0.39 is 0 Å². The molecule has 1 aliphatic rings. The molecule has 0 saturated carbocycles. The molecule has 7 nitrogen and oxygen atoms in total. The van der Waals surface area contributed by atoms with Gasteiger partial charge in [-0.05, 0) is 37.5 Å². The van der Waals surface area contributed by atoms with Crippen molar-refractivity contribution >= 4 is 22.8 Å². The smallest absolute Gasteiger partial charge is 0.248 e. The lowest BCUT2D eigenvalue weighted by molar-refractivity contribution is -0.136. The molecular formula is C20H28N4O3. The van der Waals surface area contributed by atoms with E-state index in [2.05, 4.69) is 29.9 Å². The van der Waals surface area contributed by atoms with Crippen molar-refractivity contribution in [2.24, 2.45) is 0 Å². The predicted octanol–water partition coefficient (Wildman–Crippen LogP) is 1.82. The summed E-state index contributed by atoms with van der Waals surface area (Å²) in [6.45, 7) is 6.75. The lowest BCUT2D eigenvalue weighted by Crippen LogP contribution is -2.38. The molecular weight excluding hydrogens is 344 g/mol. The Morgan fingerprint density at radius 2 is 1.81 bits per heavy atom. The fraction of sp³-hybridized carbons (Fsp3) is 0.550. The molecule has 2 aromatic rings. The maximum absolute atomic E-state index is 12.6. The van der Waals surface area contributed by atoms with Crippen molar-refractivity contribution in [2.45, 2.75) is 33.1 Å². The van der Waals surface area contributed by atoms with E-state index in [0.717, 1.165) is 23.3 Å². The second kappa shape index (κ2) is 8.52. The number of rotatable bonds is 5. The number of carbonyl (C=O) groups is 2. The monoisotopic (exact) mass is 372 g/mol. The lowest BCUT2D eigenvalue weighted by Gasteiger charge is -2.22. The molecule has 0 radical (unpaired) electrons. The zero-order valence-corrected chi connectivity index (χ0v) is 16.4. The maximum atomic E-state index is 12.6. The van der Waals surface area contributed by atoms with E-state index in [0.29, 0.717) is 39.0 Å². The summed E-state index contributed by atoms with van der Waals surface area (Å²) in [5.74, 6) is 0.947. The van der Waals surface area contributed by atoms with E-state index in [1.54, 1.807) is 4.90 Å². The summed E-state index contributed by atoms with van der Waals surface area (Å²) in [6, 6.07) is 4.12. The number of methoxy groups -OCH3 is 1. The highest BCUT2D eigenvalue weighted by molar-refractivity contribution is 5.80. The number of H-pyrrole nitrogens is 1. The second-order valence-corrected chi connectivity index (χ2v) is 7.14. The van der Waals surface area contributed by atoms with Gasteiger partial charge in [0.05, 0.1) is 11.0 Å². The van der Waals surface area contributed by atoms with Crippen LogP contribution in [0.4, 0.5) is 0 Å². The first-order valence-electron chi connectivity index (χ1n) is 9.49. The molecule has 0 aliphatic carbocycles. The maximum Gasteiger partial charge on any atom is 0.248 e. The van der Waals surface area contributed by atoms with Gasteiger partial charge in [0.1, 0.15) is 12.4 Å². The van der Waals surface area contributed by atoms with Gasteiger partial charge in [-0.3, -0.25) is 9.59 Å². The lowest BCUT2D eigenvalue weighted by atomic mass is 10.1. The Hall–Kier alpha value is -2.41. The molecule has 3 rings (SSSR count). The average molecular weight is 372 g/mol. The fourth-order valence-electron chi connectivity index (χ4n) is 3.50. The van der Waals surface area contributed by atoms with E-state index in [9.17, 15) is 9.59 Å². The Morgan fingerprint density at radius 3 is 2.52 bits per heavy atom. The molecule has 0 unspecified atom stereocenters. The van der Waals surface area contributed by atoms with Gasteiger partial charge in [0.25, 0.3) is 0 Å². The van der Waals surface area contributed by atoms with E-state index in [4.69, 9.17) is 4.74 Å². The van der Waals surface area contributed by atoms with E-state index in [1.807, 2.05) is 11.0 Å². The van der Waals surface area contributed by atoms with Crippen LogP contribution in [0.3, 0.4) is 0 Å². The van der Waals surface area contributed by atoms with Crippen molar-refractivity contribution in [1.29, 1.82) is 0 Å². The first-order valence-corrected chi connectivity index (χ1v) is 9.49. The van der Waals surface area contributed by atoms with Crippen molar-refractivity contribution < 1.29 is 14.3 Å². The number of nitrogens with zero attached hydrogens (tertiary/aromatic N) is 3. The number of benzene rings is 1. The Morgan fingerprint density at radius 1 is 1.11 bits per heavy atom. The Bertz CT molecular complexity index is 830. The number of nitrogens with one attached hydrogen (secondary N) is 1. The molecule has 27 heavy (non-hydrogen) atoms. The first kappa shape index (κ1) is 19.4. The van der Waals surface area contributed by atoms with Crippen LogP contribution in [-0.4, -0.2) is 71.5 Å². The molecule has 1 N–H and O–H groups in total. The van der Waals surface area contributed by atoms with Crippen LogP contribution in [0.5, 0.6) is 0 Å². The highest BCUT2D eigenvalue weighted by atomic mass is 16.5. The largest absolute Gasteiger partial charge is 0.375 e. The Kier molecular flexibility index (Phi) is 6.11. The Labute approximate surface area is 159 Å². The number of carbonyl (C=O) groups excluding carboxylic acids is 2. The number of aromatic amines is 1. The number of ether oxygens (including phenoxy) is 1. The Balaban J connectivity index is 1.56. The van der Waals surface area contributed by atoms with Gasteiger partial charge >= 0.3 is 0 Å². The van der Waals surface area contributed by atoms with Crippen LogP contribution in [-0.2, 0) is 20.7 Å². The molecule has 0 atom stereocenters. The number of aryl methyl sites for hydroxylation is 3. The van der Waals surface area contributed by atoms with Crippen LogP contribution in [0.2, 0.25) is 0 Å². The summed E-state index contributed by atoms with van der Waals surface area (Å²) in [4.78, 5) is 36.2. The minimum atomic E-state index is -0.0141. The van der Waals surface area contributed by atoms with Gasteiger partial charge in [-0.1, -0.05) is 6.07 Å². The molecule has 1 aromatic carbocycles. The van der Waals surface area contributed by atoms with Crippen molar-refractivity contribution in [3.05, 3.63) is 29.1 Å². The standard InChI is InChI=1S/C20H28N4O3/c1-14-5-6-16-20(15(14)2)22-17(21-16)7-8-18(25)23-9-4-10-24(12-11-23)19(26)13-27-3/h5-6H,4,7-13H2,1-3H3,(H,21,22). The average Bonchev–Trinajstić information content (AvgIpc) is 2.91. The van der Waals surface area contributed by atoms with Gasteiger partial charge in [0, 0.05) is 46.1 Å². The van der Waals surface area contributed by atoms with Crippen LogP contribution < -0.4 is 0 Å². The summed E-state index contributed by atoms with van der Waals surface area (Å²) < 4.78 is 4.92. The third-order valence-corrected chi connectivity index (χ3v) is 5.27. The fourth-order valence-corrected chi connectivity index (χ4v) is 3.50. The third kappa shape index (κ3) is 4.47. The molecule has 2 amide bonds. The highest BCUT2D eigenvalue weighted by Crippen LogP contribution is 2.20. The molecule has 7 heteroatoms. The first-order chi connectivity index (χ1) is 13.0. The topological polar surface area (TPSA) is 78.5 Å². The van der Waals surface area contributed by atoms with Crippen LogP contribution in [0.1, 0.15) is 29.8 Å². The summed E-state index contributed by atoms with van der Waals surface area (Å²) in [6.07, 6.45) is 1.81. The van der Waals surface area contributed by atoms with Gasteiger partial charge < -0.3 is 19.5 Å². The normalized spacial score (nSPS) is 15.2. The van der Waals surface area contributed by atoms with Gasteiger partial charge in [0.15, 0.2) is 0 Å². The number of aromatic nitrogens is 2. The summed E-state index contributed by atoms with van der Waals surface area (Å²) in [7, 11) is 1.52. The highest BCUT2D eigenvalue weighted by Gasteiger charge is 2.22. The molecule has 2 heterocycles. The zero-order chi connectivity index (χ0) is 19.4. The van der Waals surface area contributed by atoms with Crippen LogP contribution in [0, 0.1) is 13.8 Å². The molecule has 1 aliphatic heterocycles. The van der Waals surface area contributed by atoms with Gasteiger partial charge in [-0.15, -0.1) is 0 Å². The van der Waals surface area contributed by atoms with E-state index in [1.165, 1.54) is 18.2 Å². The van der Waals surface area contributed by atoms with Crippen LogP contribution in [0.25, 0.3) is 11.0 Å². The summed E-state index contributed by atoms with van der Waals surface area (Å²) >= 11 is 0. The van der Waals surface area contributed by atoms with Crippen molar-refractivity contribution in [2.75, 3.05) is 39.9 Å². The molecule has 0 bridgehead atoms. The molecule has 1 aromatic heterocycles. The SMILES string of the molecule is COCC(=O)N1CCCN(C(=O)CCc2nc3c(C)c(C)ccc3[nH]2)CC1. The van der Waals surface area contributed by atoms with E-state index >= 15 is 0 Å². The number of imidazole rings is 1. The van der Waals surface area contributed by atoms with Crippen molar-refractivity contribution in [3.63, 3.8) is 0 Å². The summed E-state index contributed by atoms with van der Waals surface area (Å²) in [5.41, 5.74) is 4.39. The predicted molar refractivity (Wildman–Crippen MR) is 104 cm³/mol. The molecule has 1 fully saturated rings. The number of fused-ring (bicyclic) bond motifs is 1. The van der Waals surface area contributed by atoms with E-state index in [-0.39, 0.29) is 18.4 Å². The molecule has 1 saturated heterocycles. The quantitative estimate of drug-likeness (QED) is 0.868. The molecule has 146 valence electrons. The van der Waals surface area contributed by atoms with Gasteiger partial charge in [0.2, 0.25) is 11.8 Å². The second-order valence-electron chi connectivity index (χ2n) is 7.14. The summed E-state index contributed by atoms with van der Waals surface area (Å²) in [5, 5.41) is 0. The number of hydrogen-bond donors (Lipinski definition) is 1. The molecule has 0 spiro atoms. The number of hydrogen-bond acceptors (Lipinski definition) is 4. The van der Waals surface area contributed by atoms with Crippen LogP contribution in [0.15, 0.2) is 12.1 Å². The van der Waals surface area contributed by atoms with Gasteiger partial charge in [-0.2, -0.15) is 0 Å². The minimum absolute atomic E-state index is 0.0141. The zero-order valence-electron chi connectivity index (χ0n) is 16.4. The van der Waals surface area contributed by atoms with Crippen molar-refractivity contribution in [1.82, 2.24) is 19.8 Å². The van der Waals surface area contributed by atoms with Gasteiger partial charge in [-0.25, -0.2) is 4.98 Å².